The molecule has 4 rings (SSSR count). The molecule has 0 radical (unpaired) electrons. The summed E-state index contributed by atoms with van der Waals surface area (Å²) in [7, 11) is 1.57. The van der Waals surface area contributed by atoms with Crippen LogP contribution in [0, 0.1) is 5.82 Å². The minimum absolute atomic E-state index is 0.218. The molecule has 1 N–H and O–H groups in total. The summed E-state index contributed by atoms with van der Waals surface area (Å²) in [4.78, 5) is 4.55. The lowest BCUT2D eigenvalue weighted by Crippen LogP contribution is -2.00. The van der Waals surface area contributed by atoms with Gasteiger partial charge < -0.3 is 9.47 Å². The second-order valence-electron chi connectivity index (χ2n) is 6.73. The number of benzene rings is 3. The van der Waals surface area contributed by atoms with Crippen LogP contribution in [0.1, 0.15) is 11.1 Å². The normalized spacial score (nSPS) is 11.0. The Morgan fingerprint density at radius 3 is 2.75 bits per heavy atom. The first-order valence-corrected chi connectivity index (χ1v) is 11.3. The van der Waals surface area contributed by atoms with E-state index >= 15 is 0 Å². The van der Waals surface area contributed by atoms with E-state index in [0.29, 0.717) is 21.1 Å². The summed E-state index contributed by atoms with van der Waals surface area (Å²) in [5, 5.41) is 6.96. The van der Waals surface area contributed by atoms with Crippen molar-refractivity contribution < 1.29 is 13.9 Å². The predicted molar refractivity (Wildman–Crippen MR) is 130 cm³/mol. The van der Waals surface area contributed by atoms with Crippen LogP contribution >= 0.6 is 27.3 Å². The molecular weight excluding hydrogens is 493 g/mol. The molecule has 0 aliphatic carbocycles. The van der Waals surface area contributed by atoms with Gasteiger partial charge in [0.25, 0.3) is 0 Å². The van der Waals surface area contributed by atoms with Crippen LogP contribution in [0.3, 0.4) is 0 Å². The van der Waals surface area contributed by atoms with Crippen molar-refractivity contribution in [3.63, 3.8) is 0 Å². The van der Waals surface area contributed by atoms with Gasteiger partial charge in [0.15, 0.2) is 11.5 Å². The summed E-state index contributed by atoms with van der Waals surface area (Å²) in [6.07, 6.45) is 1.67. The fourth-order valence-electron chi connectivity index (χ4n) is 2.97. The van der Waals surface area contributed by atoms with Gasteiger partial charge in [0.2, 0.25) is 5.13 Å². The third-order valence-electron chi connectivity index (χ3n) is 4.47. The first kappa shape index (κ1) is 22.0. The SMILES string of the molecule is COc1cc(C=NNc2nc(-c3ccccc3)cs2)cc(Br)c1OCc1cccc(F)c1. The van der Waals surface area contributed by atoms with Gasteiger partial charge in [0, 0.05) is 10.9 Å². The van der Waals surface area contributed by atoms with Gasteiger partial charge in [-0.05, 0) is 51.3 Å². The molecular formula is C24H19BrFN3O2S. The Hall–Kier alpha value is -3.23. The summed E-state index contributed by atoms with van der Waals surface area (Å²) in [6.45, 7) is 0.218. The summed E-state index contributed by atoms with van der Waals surface area (Å²) in [6, 6.07) is 20.0. The first-order chi connectivity index (χ1) is 15.6. The van der Waals surface area contributed by atoms with Crippen LogP contribution in [0.2, 0.25) is 0 Å². The molecule has 5 nitrogen and oxygen atoms in total. The number of ether oxygens (including phenoxy) is 2. The molecule has 0 amide bonds. The van der Waals surface area contributed by atoms with E-state index < -0.39 is 0 Å². The van der Waals surface area contributed by atoms with Crippen molar-refractivity contribution in [2.24, 2.45) is 5.10 Å². The molecule has 0 saturated heterocycles. The van der Waals surface area contributed by atoms with Crippen molar-refractivity contribution in [1.29, 1.82) is 0 Å². The number of hydrogen-bond donors (Lipinski definition) is 1. The summed E-state index contributed by atoms with van der Waals surface area (Å²) in [5.74, 6) is 0.777. The van der Waals surface area contributed by atoms with Gasteiger partial charge >= 0.3 is 0 Å². The van der Waals surface area contributed by atoms with Gasteiger partial charge in [-0.3, -0.25) is 5.43 Å². The van der Waals surface area contributed by atoms with Crippen molar-refractivity contribution in [2.45, 2.75) is 6.61 Å². The van der Waals surface area contributed by atoms with Crippen LogP contribution in [-0.2, 0) is 6.61 Å². The topological polar surface area (TPSA) is 55.7 Å². The van der Waals surface area contributed by atoms with E-state index in [0.717, 1.165) is 22.4 Å². The number of halogens is 2. The average molecular weight is 512 g/mol. The maximum absolute atomic E-state index is 13.4. The van der Waals surface area contributed by atoms with Crippen LogP contribution < -0.4 is 14.9 Å². The molecule has 0 atom stereocenters. The Kier molecular flexibility index (Phi) is 7.14. The molecule has 0 aliphatic rings. The molecule has 1 aromatic heterocycles. The number of hydrogen-bond acceptors (Lipinski definition) is 6. The Labute approximate surface area is 197 Å². The highest BCUT2D eigenvalue weighted by Crippen LogP contribution is 2.37. The summed E-state index contributed by atoms with van der Waals surface area (Å²) < 4.78 is 25.4. The number of aromatic nitrogens is 1. The van der Waals surface area contributed by atoms with Crippen molar-refractivity contribution >= 4 is 38.6 Å². The summed E-state index contributed by atoms with van der Waals surface area (Å²) in [5.41, 5.74) is 6.45. The van der Waals surface area contributed by atoms with E-state index in [4.69, 9.17) is 9.47 Å². The van der Waals surface area contributed by atoms with Crippen molar-refractivity contribution in [2.75, 3.05) is 12.5 Å². The predicted octanol–water partition coefficient (Wildman–Crippen LogP) is 6.75. The van der Waals surface area contributed by atoms with Gasteiger partial charge in [-0.1, -0.05) is 42.5 Å². The van der Waals surface area contributed by atoms with Gasteiger partial charge in [-0.15, -0.1) is 11.3 Å². The van der Waals surface area contributed by atoms with Gasteiger partial charge in [-0.2, -0.15) is 5.10 Å². The van der Waals surface area contributed by atoms with E-state index in [1.165, 1.54) is 23.5 Å². The van der Waals surface area contributed by atoms with Crippen LogP contribution in [0.4, 0.5) is 9.52 Å². The molecule has 8 heteroatoms. The second kappa shape index (κ2) is 10.4. The van der Waals surface area contributed by atoms with Crippen LogP contribution in [0.15, 0.2) is 81.7 Å². The zero-order valence-corrected chi connectivity index (χ0v) is 19.5. The average Bonchev–Trinajstić information content (AvgIpc) is 3.28. The smallest absolute Gasteiger partial charge is 0.203 e. The molecule has 162 valence electrons. The third-order valence-corrected chi connectivity index (χ3v) is 5.81. The molecule has 0 unspecified atom stereocenters. The highest BCUT2D eigenvalue weighted by molar-refractivity contribution is 9.10. The lowest BCUT2D eigenvalue weighted by atomic mass is 10.2. The van der Waals surface area contributed by atoms with Crippen molar-refractivity contribution in [3.05, 3.63) is 93.5 Å². The minimum Gasteiger partial charge on any atom is -0.493 e. The zero-order valence-electron chi connectivity index (χ0n) is 17.1. The van der Waals surface area contributed by atoms with Crippen LogP contribution in [0.5, 0.6) is 11.5 Å². The van der Waals surface area contributed by atoms with E-state index in [1.54, 1.807) is 25.5 Å². The number of methoxy groups -OCH3 is 1. The largest absolute Gasteiger partial charge is 0.493 e. The Balaban J connectivity index is 1.43. The van der Waals surface area contributed by atoms with Crippen LogP contribution in [0.25, 0.3) is 11.3 Å². The van der Waals surface area contributed by atoms with Crippen LogP contribution in [-0.4, -0.2) is 18.3 Å². The Morgan fingerprint density at radius 1 is 1.12 bits per heavy atom. The molecule has 0 saturated carbocycles. The van der Waals surface area contributed by atoms with Crippen molar-refractivity contribution in [3.8, 4) is 22.8 Å². The highest BCUT2D eigenvalue weighted by atomic mass is 79.9. The monoisotopic (exact) mass is 511 g/mol. The highest BCUT2D eigenvalue weighted by Gasteiger charge is 2.12. The van der Waals surface area contributed by atoms with E-state index in [-0.39, 0.29) is 12.4 Å². The van der Waals surface area contributed by atoms with Gasteiger partial charge in [0.1, 0.15) is 12.4 Å². The van der Waals surface area contributed by atoms with E-state index in [1.807, 2.05) is 47.8 Å². The first-order valence-electron chi connectivity index (χ1n) is 9.67. The molecule has 0 spiro atoms. The molecule has 3 aromatic carbocycles. The Bertz CT molecular complexity index is 1230. The second-order valence-corrected chi connectivity index (χ2v) is 8.44. The van der Waals surface area contributed by atoms with E-state index in [9.17, 15) is 4.39 Å². The number of hydrazone groups is 1. The van der Waals surface area contributed by atoms with Gasteiger partial charge in [0.05, 0.1) is 23.5 Å². The van der Waals surface area contributed by atoms with Crippen molar-refractivity contribution in [1.82, 2.24) is 4.98 Å². The molecule has 32 heavy (non-hydrogen) atoms. The molecule has 0 fully saturated rings. The molecule has 0 aliphatic heterocycles. The fourth-order valence-corrected chi connectivity index (χ4v) is 4.21. The standard InChI is InChI=1S/C24H19BrFN3O2S/c1-30-22-12-17(11-20(25)23(22)31-14-16-6-5-9-19(26)10-16)13-27-29-24-28-21(15-32-24)18-7-3-2-4-8-18/h2-13,15H,14H2,1H3,(H,28,29). The quantitative estimate of drug-likeness (QED) is 0.210. The number of rotatable bonds is 8. The molecule has 4 aromatic rings. The number of nitrogens with zero attached hydrogens (tertiary/aromatic N) is 2. The lowest BCUT2D eigenvalue weighted by molar-refractivity contribution is 0.282. The minimum atomic E-state index is -0.299. The fraction of sp³-hybridized carbons (Fsp3) is 0.0833. The maximum Gasteiger partial charge on any atom is 0.203 e. The third kappa shape index (κ3) is 5.52. The molecule has 0 bridgehead atoms. The zero-order chi connectivity index (χ0) is 22.3. The lowest BCUT2D eigenvalue weighted by Gasteiger charge is -2.13. The van der Waals surface area contributed by atoms with Gasteiger partial charge in [-0.25, -0.2) is 9.37 Å². The number of anilines is 1. The maximum atomic E-state index is 13.4. The Morgan fingerprint density at radius 2 is 1.97 bits per heavy atom. The number of nitrogens with one attached hydrogen (secondary N) is 1. The summed E-state index contributed by atoms with van der Waals surface area (Å²) >= 11 is 5.00. The number of thiazole rings is 1. The molecule has 1 heterocycles. The van der Waals surface area contributed by atoms with E-state index in [2.05, 4.69) is 31.4 Å².